The van der Waals surface area contributed by atoms with E-state index in [2.05, 4.69) is 0 Å². The lowest BCUT2D eigenvalue weighted by atomic mass is 9.97. The van der Waals surface area contributed by atoms with Gasteiger partial charge in [0.2, 0.25) is 0 Å². The molecule has 0 aromatic heterocycles. The van der Waals surface area contributed by atoms with Crippen molar-refractivity contribution in [3.05, 3.63) is 0 Å². The van der Waals surface area contributed by atoms with Crippen molar-refractivity contribution in [1.29, 1.82) is 0 Å². The monoisotopic (exact) mass is 200 g/mol. The van der Waals surface area contributed by atoms with Crippen LogP contribution in [0.4, 0.5) is 0 Å². The summed E-state index contributed by atoms with van der Waals surface area (Å²) in [6.07, 6.45) is 2.56. The molecule has 0 unspecified atom stereocenters. The SMILES string of the molecule is CC(=O)O[C@@H]1CC[C@H](O)[C@@H]2CC[C@H]1O2. The second-order valence-electron chi connectivity index (χ2n) is 4.08. The third-order valence-electron chi connectivity index (χ3n) is 2.99. The Hall–Kier alpha value is -0.610. The van der Waals surface area contributed by atoms with Crippen molar-refractivity contribution in [1.82, 2.24) is 0 Å². The number of carbonyl (C=O) groups is 1. The Bertz CT molecular complexity index is 228. The molecule has 4 atom stereocenters. The van der Waals surface area contributed by atoms with Crippen LogP contribution in [0, 0.1) is 0 Å². The topological polar surface area (TPSA) is 55.8 Å². The van der Waals surface area contributed by atoms with Gasteiger partial charge in [-0.2, -0.15) is 0 Å². The smallest absolute Gasteiger partial charge is 0.302 e. The lowest BCUT2D eigenvalue weighted by molar-refractivity contribution is -0.153. The zero-order valence-corrected chi connectivity index (χ0v) is 8.31. The molecule has 0 aliphatic carbocycles. The second kappa shape index (κ2) is 3.87. The first-order valence-electron chi connectivity index (χ1n) is 5.17. The lowest BCUT2D eigenvalue weighted by Crippen LogP contribution is -2.29. The van der Waals surface area contributed by atoms with E-state index in [0.29, 0.717) is 12.8 Å². The summed E-state index contributed by atoms with van der Waals surface area (Å²) in [5.41, 5.74) is 0. The fourth-order valence-corrected chi connectivity index (χ4v) is 2.30. The molecule has 4 nitrogen and oxygen atoms in total. The van der Waals surface area contributed by atoms with Gasteiger partial charge >= 0.3 is 5.97 Å². The standard InChI is InChI=1S/C10H16O4/c1-6(11)13-9-3-2-7(12)8-4-5-10(9)14-8/h7-10,12H,2-5H2,1H3/t7-,8-,9+,10+/m0/s1. The zero-order chi connectivity index (χ0) is 10.1. The molecule has 2 rings (SSSR count). The zero-order valence-electron chi connectivity index (χ0n) is 8.31. The minimum atomic E-state index is -0.388. The Morgan fingerprint density at radius 3 is 2.71 bits per heavy atom. The van der Waals surface area contributed by atoms with Gasteiger partial charge in [-0.1, -0.05) is 0 Å². The van der Waals surface area contributed by atoms with Crippen LogP contribution in [0.1, 0.15) is 32.6 Å². The molecule has 0 amide bonds. The highest BCUT2D eigenvalue weighted by Gasteiger charge is 2.40. The van der Waals surface area contributed by atoms with Gasteiger partial charge in [-0.25, -0.2) is 0 Å². The Balaban J connectivity index is 2.01. The Morgan fingerprint density at radius 1 is 1.29 bits per heavy atom. The van der Waals surface area contributed by atoms with Crippen molar-refractivity contribution < 1.29 is 19.4 Å². The molecular formula is C10H16O4. The van der Waals surface area contributed by atoms with Gasteiger partial charge in [0.05, 0.1) is 18.3 Å². The van der Waals surface area contributed by atoms with E-state index in [1.54, 1.807) is 0 Å². The summed E-state index contributed by atoms with van der Waals surface area (Å²) in [5.74, 6) is -0.265. The van der Waals surface area contributed by atoms with Crippen LogP contribution in [-0.2, 0) is 14.3 Å². The average Bonchev–Trinajstić information content (AvgIpc) is 2.54. The molecule has 0 saturated carbocycles. The van der Waals surface area contributed by atoms with Crippen molar-refractivity contribution in [3.8, 4) is 0 Å². The molecule has 2 fully saturated rings. The third kappa shape index (κ3) is 1.91. The molecule has 14 heavy (non-hydrogen) atoms. The van der Waals surface area contributed by atoms with E-state index in [1.807, 2.05) is 0 Å². The first-order valence-corrected chi connectivity index (χ1v) is 5.17. The van der Waals surface area contributed by atoms with E-state index < -0.39 is 0 Å². The number of fused-ring (bicyclic) bond motifs is 2. The largest absolute Gasteiger partial charge is 0.460 e. The van der Waals surface area contributed by atoms with Crippen molar-refractivity contribution in [2.24, 2.45) is 0 Å². The molecule has 2 aliphatic rings. The number of rotatable bonds is 1. The number of aliphatic hydroxyl groups excluding tert-OH is 1. The number of carbonyl (C=O) groups excluding carboxylic acids is 1. The van der Waals surface area contributed by atoms with Crippen LogP contribution in [0.5, 0.6) is 0 Å². The van der Waals surface area contributed by atoms with Gasteiger partial charge in [0.15, 0.2) is 0 Å². The molecule has 2 heterocycles. The van der Waals surface area contributed by atoms with E-state index in [1.165, 1.54) is 6.92 Å². The molecule has 1 N–H and O–H groups in total. The molecular weight excluding hydrogens is 184 g/mol. The third-order valence-corrected chi connectivity index (χ3v) is 2.99. The fourth-order valence-electron chi connectivity index (χ4n) is 2.30. The number of ether oxygens (including phenoxy) is 2. The molecule has 2 aliphatic heterocycles. The first kappa shape index (κ1) is 9.93. The Labute approximate surface area is 83.2 Å². The predicted octanol–water partition coefficient (Wildman–Crippen LogP) is 0.620. The Kier molecular flexibility index (Phi) is 2.74. The van der Waals surface area contributed by atoms with Gasteiger partial charge in [0.25, 0.3) is 0 Å². The summed E-state index contributed by atoms with van der Waals surface area (Å²) in [7, 11) is 0. The van der Waals surface area contributed by atoms with Crippen LogP contribution in [-0.4, -0.2) is 35.5 Å². The average molecular weight is 200 g/mol. The highest BCUT2D eigenvalue weighted by Crippen LogP contribution is 2.32. The molecule has 80 valence electrons. The summed E-state index contributed by atoms with van der Waals surface area (Å²) >= 11 is 0. The maximum atomic E-state index is 10.8. The van der Waals surface area contributed by atoms with Gasteiger partial charge in [-0.3, -0.25) is 4.79 Å². The molecule has 2 saturated heterocycles. The van der Waals surface area contributed by atoms with E-state index in [4.69, 9.17) is 9.47 Å². The van der Waals surface area contributed by atoms with Crippen LogP contribution >= 0.6 is 0 Å². The lowest BCUT2D eigenvalue weighted by Gasteiger charge is -2.20. The minimum absolute atomic E-state index is 0.000972. The normalized spacial score (nSPS) is 41.9. The molecule has 0 aromatic rings. The van der Waals surface area contributed by atoms with E-state index in [9.17, 15) is 9.90 Å². The van der Waals surface area contributed by atoms with Crippen LogP contribution in [0.25, 0.3) is 0 Å². The van der Waals surface area contributed by atoms with Crippen LogP contribution in [0.3, 0.4) is 0 Å². The summed E-state index contributed by atoms with van der Waals surface area (Å²) in [5, 5.41) is 9.66. The number of hydrogen-bond acceptors (Lipinski definition) is 4. The van der Waals surface area contributed by atoms with Gasteiger partial charge in [0.1, 0.15) is 6.10 Å². The van der Waals surface area contributed by atoms with Crippen molar-refractivity contribution >= 4 is 5.97 Å². The van der Waals surface area contributed by atoms with Crippen LogP contribution in [0.15, 0.2) is 0 Å². The van der Waals surface area contributed by atoms with E-state index in [0.717, 1.165) is 12.8 Å². The highest BCUT2D eigenvalue weighted by atomic mass is 16.6. The van der Waals surface area contributed by atoms with Gasteiger partial charge in [-0.15, -0.1) is 0 Å². The molecule has 2 bridgehead atoms. The molecule has 0 spiro atoms. The van der Waals surface area contributed by atoms with Gasteiger partial charge < -0.3 is 14.6 Å². The molecule has 4 heteroatoms. The van der Waals surface area contributed by atoms with Crippen molar-refractivity contribution in [3.63, 3.8) is 0 Å². The molecule has 0 aromatic carbocycles. The number of aliphatic hydroxyl groups is 1. The maximum Gasteiger partial charge on any atom is 0.302 e. The number of hydrogen-bond donors (Lipinski definition) is 1. The van der Waals surface area contributed by atoms with E-state index >= 15 is 0 Å². The van der Waals surface area contributed by atoms with E-state index in [-0.39, 0.29) is 30.4 Å². The highest BCUT2D eigenvalue weighted by molar-refractivity contribution is 5.66. The van der Waals surface area contributed by atoms with Gasteiger partial charge in [-0.05, 0) is 25.7 Å². The summed E-state index contributed by atoms with van der Waals surface area (Å²) in [4.78, 5) is 10.8. The Morgan fingerprint density at radius 2 is 2.00 bits per heavy atom. The van der Waals surface area contributed by atoms with Crippen molar-refractivity contribution in [2.45, 2.75) is 57.0 Å². The van der Waals surface area contributed by atoms with Crippen LogP contribution in [0.2, 0.25) is 0 Å². The summed E-state index contributed by atoms with van der Waals surface area (Å²) < 4.78 is 10.8. The quantitative estimate of drug-likeness (QED) is 0.630. The van der Waals surface area contributed by atoms with Crippen LogP contribution < -0.4 is 0 Å². The summed E-state index contributed by atoms with van der Waals surface area (Å²) in [6.45, 7) is 1.41. The maximum absolute atomic E-state index is 10.8. The fraction of sp³-hybridized carbons (Fsp3) is 0.900. The minimum Gasteiger partial charge on any atom is -0.460 e. The van der Waals surface area contributed by atoms with Crippen molar-refractivity contribution in [2.75, 3.05) is 0 Å². The number of esters is 1. The predicted molar refractivity (Wildman–Crippen MR) is 48.7 cm³/mol. The second-order valence-corrected chi connectivity index (χ2v) is 4.08. The molecule has 0 radical (unpaired) electrons. The summed E-state index contributed by atoms with van der Waals surface area (Å²) in [6, 6.07) is 0. The first-order chi connectivity index (χ1) is 6.66. The van der Waals surface area contributed by atoms with Gasteiger partial charge in [0, 0.05) is 6.92 Å².